The van der Waals surface area contributed by atoms with Crippen LogP contribution < -0.4 is 5.32 Å². The molecule has 2 amide bonds. The van der Waals surface area contributed by atoms with Crippen LogP contribution in [0.2, 0.25) is 0 Å². The molecule has 1 aliphatic heterocycles. The third-order valence-corrected chi connectivity index (χ3v) is 4.17. The molecule has 0 aliphatic carbocycles. The highest BCUT2D eigenvalue weighted by atomic mass is 32.2. The predicted molar refractivity (Wildman–Crippen MR) is 76.9 cm³/mol. The van der Waals surface area contributed by atoms with E-state index in [1.807, 2.05) is 17.9 Å². The molecule has 1 aliphatic rings. The number of carbonyl (C=O) groups is 1. The van der Waals surface area contributed by atoms with E-state index < -0.39 is 0 Å². The van der Waals surface area contributed by atoms with Crippen LogP contribution in [0.1, 0.15) is 19.8 Å². The normalized spacial score (nSPS) is 23.8. The summed E-state index contributed by atoms with van der Waals surface area (Å²) in [6.07, 6.45) is 3.82. The van der Waals surface area contributed by atoms with Crippen LogP contribution in [0.4, 0.5) is 4.79 Å². The highest BCUT2D eigenvalue weighted by Crippen LogP contribution is 2.28. The number of piperidine rings is 1. The Morgan fingerprint density at radius 1 is 1.67 bits per heavy atom. The molecule has 18 heavy (non-hydrogen) atoms. The zero-order valence-electron chi connectivity index (χ0n) is 11.2. The number of hydrogen-bond donors (Lipinski definition) is 2. The van der Waals surface area contributed by atoms with Gasteiger partial charge in [-0.25, -0.2) is 4.79 Å². The summed E-state index contributed by atoms with van der Waals surface area (Å²) in [5, 5.41) is 12.3. The summed E-state index contributed by atoms with van der Waals surface area (Å²) < 4.78 is 0. The lowest BCUT2D eigenvalue weighted by Crippen LogP contribution is -2.50. The largest absolute Gasteiger partial charge is 0.396 e. The smallest absolute Gasteiger partial charge is 0.317 e. The molecule has 0 saturated carbocycles. The van der Waals surface area contributed by atoms with Crippen molar-refractivity contribution in [2.24, 2.45) is 5.41 Å². The van der Waals surface area contributed by atoms with Gasteiger partial charge in [-0.2, -0.15) is 11.8 Å². The summed E-state index contributed by atoms with van der Waals surface area (Å²) in [4.78, 5) is 13.8. The molecule has 4 nitrogen and oxygen atoms in total. The highest BCUT2D eigenvalue weighted by Gasteiger charge is 2.32. The Balaban J connectivity index is 2.26. The zero-order valence-corrected chi connectivity index (χ0v) is 12.0. The maximum Gasteiger partial charge on any atom is 0.317 e. The molecule has 1 heterocycles. The molecule has 1 fully saturated rings. The van der Waals surface area contributed by atoms with Gasteiger partial charge in [0.05, 0.1) is 6.61 Å². The van der Waals surface area contributed by atoms with Gasteiger partial charge in [0.2, 0.25) is 0 Å². The first-order valence-electron chi connectivity index (χ1n) is 6.43. The number of amides is 2. The molecule has 1 saturated heterocycles. The SMILES string of the molecule is C=CCSCCNC(=O)N1CCCC(C)(CO)C1. The Morgan fingerprint density at radius 2 is 2.44 bits per heavy atom. The average molecular weight is 272 g/mol. The molecule has 0 radical (unpaired) electrons. The molecule has 0 aromatic heterocycles. The van der Waals surface area contributed by atoms with E-state index in [-0.39, 0.29) is 18.1 Å². The van der Waals surface area contributed by atoms with Gasteiger partial charge in [0.15, 0.2) is 0 Å². The lowest BCUT2D eigenvalue weighted by atomic mass is 9.83. The monoisotopic (exact) mass is 272 g/mol. The highest BCUT2D eigenvalue weighted by molar-refractivity contribution is 7.99. The van der Waals surface area contributed by atoms with Gasteiger partial charge in [-0.05, 0) is 12.8 Å². The van der Waals surface area contributed by atoms with E-state index in [4.69, 9.17) is 0 Å². The number of urea groups is 1. The minimum Gasteiger partial charge on any atom is -0.396 e. The Morgan fingerprint density at radius 3 is 3.11 bits per heavy atom. The maximum atomic E-state index is 11.9. The van der Waals surface area contributed by atoms with Gasteiger partial charge in [0.25, 0.3) is 0 Å². The molecule has 104 valence electrons. The topological polar surface area (TPSA) is 52.6 Å². The molecule has 0 aromatic carbocycles. The average Bonchev–Trinajstić information content (AvgIpc) is 2.38. The van der Waals surface area contributed by atoms with Gasteiger partial charge >= 0.3 is 6.03 Å². The van der Waals surface area contributed by atoms with Crippen LogP contribution in [0.25, 0.3) is 0 Å². The molecule has 0 spiro atoms. The summed E-state index contributed by atoms with van der Waals surface area (Å²) in [6, 6.07) is -0.00595. The molecular weight excluding hydrogens is 248 g/mol. The first-order chi connectivity index (χ1) is 8.61. The lowest BCUT2D eigenvalue weighted by molar-refractivity contribution is 0.0617. The number of aliphatic hydroxyl groups excluding tert-OH is 1. The fraction of sp³-hybridized carbons (Fsp3) is 0.769. The van der Waals surface area contributed by atoms with Crippen molar-refractivity contribution >= 4 is 17.8 Å². The van der Waals surface area contributed by atoms with E-state index in [0.29, 0.717) is 13.1 Å². The quantitative estimate of drug-likeness (QED) is 0.572. The van der Waals surface area contributed by atoms with Gasteiger partial charge in [-0.1, -0.05) is 13.0 Å². The van der Waals surface area contributed by atoms with Crippen LogP contribution in [-0.4, -0.2) is 53.8 Å². The van der Waals surface area contributed by atoms with Crippen molar-refractivity contribution in [1.29, 1.82) is 0 Å². The molecule has 0 bridgehead atoms. The first kappa shape index (κ1) is 15.4. The van der Waals surface area contributed by atoms with Crippen LogP contribution in [0.15, 0.2) is 12.7 Å². The van der Waals surface area contributed by atoms with E-state index in [9.17, 15) is 9.90 Å². The van der Waals surface area contributed by atoms with Crippen molar-refractivity contribution in [3.8, 4) is 0 Å². The Kier molecular flexibility index (Phi) is 6.57. The van der Waals surface area contributed by atoms with E-state index in [0.717, 1.165) is 30.9 Å². The number of thioether (sulfide) groups is 1. The van der Waals surface area contributed by atoms with E-state index in [1.165, 1.54) is 0 Å². The minimum atomic E-state index is -0.132. The summed E-state index contributed by atoms with van der Waals surface area (Å²) in [6.45, 7) is 7.96. The van der Waals surface area contributed by atoms with Crippen LogP contribution >= 0.6 is 11.8 Å². The van der Waals surface area contributed by atoms with Crippen LogP contribution in [-0.2, 0) is 0 Å². The van der Waals surface area contributed by atoms with Gasteiger partial charge in [-0.15, -0.1) is 6.58 Å². The van der Waals surface area contributed by atoms with Crippen LogP contribution in [0.5, 0.6) is 0 Å². The number of rotatable bonds is 6. The van der Waals surface area contributed by atoms with Gasteiger partial charge in [0.1, 0.15) is 0 Å². The van der Waals surface area contributed by atoms with E-state index >= 15 is 0 Å². The second-order valence-electron chi connectivity index (χ2n) is 5.09. The van der Waals surface area contributed by atoms with Crippen LogP contribution in [0.3, 0.4) is 0 Å². The summed E-state index contributed by atoms with van der Waals surface area (Å²) in [5.41, 5.74) is -0.132. The van der Waals surface area contributed by atoms with Crippen molar-refractivity contribution in [3.05, 3.63) is 12.7 Å². The summed E-state index contributed by atoms with van der Waals surface area (Å²) >= 11 is 1.75. The van der Waals surface area contributed by atoms with Crippen molar-refractivity contribution < 1.29 is 9.90 Å². The maximum absolute atomic E-state index is 11.9. The molecular formula is C13H24N2O2S. The van der Waals surface area contributed by atoms with Crippen molar-refractivity contribution in [3.63, 3.8) is 0 Å². The molecule has 1 rings (SSSR count). The standard InChI is InChI=1S/C13H24N2O2S/c1-3-8-18-9-6-14-12(17)15-7-4-5-13(2,10-15)11-16/h3,16H,1,4-11H2,2H3,(H,14,17). The molecule has 0 aromatic rings. The number of nitrogens with one attached hydrogen (secondary N) is 1. The third kappa shape index (κ3) is 4.90. The molecule has 5 heteroatoms. The summed E-state index contributed by atoms with van der Waals surface area (Å²) in [7, 11) is 0. The van der Waals surface area contributed by atoms with Crippen molar-refractivity contribution in [2.75, 3.05) is 37.7 Å². The minimum absolute atomic E-state index is 0.00595. The van der Waals surface area contributed by atoms with Gasteiger partial charge < -0.3 is 15.3 Å². The Labute approximate surface area is 114 Å². The Bertz CT molecular complexity index is 286. The fourth-order valence-corrected chi connectivity index (χ4v) is 2.71. The first-order valence-corrected chi connectivity index (χ1v) is 7.59. The second-order valence-corrected chi connectivity index (χ2v) is 6.24. The van der Waals surface area contributed by atoms with Crippen molar-refractivity contribution in [2.45, 2.75) is 19.8 Å². The number of hydrogen-bond acceptors (Lipinski definition) is 3. The number of likely N-dealkylation sites (tertiary alicyclic amines) is 1. The van der Waals surface area contributed by atoms with E-state index in [2.05, 4.69) is 11.9 Å². The predicted octanol–water partition coefficient (Wildman–Crippen LogP) is 1.71. The Hall–Kier alpha value is -0.680. The van der Waals surface area contributed by atoms with Crippen LogP contribution in [0, 0.1) is 5.41 Å². The fourth-order valence-electron chi connectivity index (χ4n) is 2.13. The second kappa shape index (κ2) is 7.69. The third-order valence-electron chi connectivity index (χ3n) is 3.21. The lowest BCUT2D eigenvalue weighted by Gasteiger charge is -2.39. The molecule has 1 atom stereocenters. The number of nitrogens with zero attached hydrogens (tertiary/aromatic N) is 1. The van der Waals surface area contributed by atoms with Gasteiger partial charge in [0, 0.05) is 36.6 Å². The molecule has 1 unspecified atom stereocenters. The molecule has 2 N–H and O–H groups in total. The zero-order chi connectivity index (χ0) is 13.4. The van der Waals surface area contributed by atoms with Gasteiger partial charge in [-0.3, -0.25) is 0 Å². The number of carbonyl (C=O) groups excluding carboxylic acids is 1. The summed E-state index contributed by atoms with van der Waals surface area (Å²) in [5.74, 6) is 1.82. The van der Waals surface area contributed by atoms with Crippen molar-refractivity contribution in [1.82, 2.24) is 10.2 Å². The number of aliphatic hydroxyl groups is 1. The van der Waals surface area contributed by atoms with E-state index in [1.54, 1.807) is 11.8 Å².